The summed E-state index contributed by atoms with van der Waals surface area (Å²) in [6, 6.07) is 4.38. The van der Waals surface area contributed by atoms with Crippen LogP contribution >= 0.6 is 0 Å². The Hall–Kier alpha value is -1.67. The third kappa shape index (κ3) is 2.49. The molecule has 0 amide bonds. The maximum Gasteiger partial charge on any atom is 0.328 e. The molecule has 2 aliphatic rings. The second kappa shape index (κ2) is 5.61. The predicted octanol–water partition coefficient (Wildman–Crippen LogP) is 0.525. The van der Waals surface area contributed by atoms with Crippen LogP contribution in [-0.2, 0) is 14.3 Å². The molecule has 0 aromatic heterocycles. The molecule has 0 radical (unpaired) electrons. The minimum Gasteiger partial charge on any atom is -0.595 e. The van der Waals surface area contributed by atoms with Gasteiger partial charge in [-0.25, -0.2) is 10.0 Å². The molecule has 7 nitrogen and oxygen atoms in total. The van der Waals surface area contributed by atoms with Crippen molar-refractivity contribution in [3.8, 4) is 0 Å². The topological polar surface area (TPSA) is 95.3 Å². The minimum absolute atomic E-state index is 0.0272. The fourth-order valence-electron chi connectivity index (χ4n) is 3.07. The molecule has 7 heteroatoms. The Morgan fingerprint density at radius 1 is 1.62 bits per heavy atom. The number of nitrogens with one attached hydrogen (secondary N) is 2. The predicted molar refractivity (Wildman–Crippen MR) is 73.1 cm³/mol. The lowest BCUT2D eigenvalue weighted by atomic mass is 9.84. The van der Waals surface area contributed by atoms with E-state index in [1.165, 1.54) is 6.07 Å². The highest BCUT2D eigenvalue weighted by atomic mass is 16.8. The van der Waals surface area contributed by atoms with Crippen molar-refractivity contribution < 1.29 is 24.7 Å². The molecule has 4 unspecified atom stereocenters. The van der Waals surface area contributed by atoms with E-state index in [-0.39, 0.29) is 23.7 Å². The largest absolute Gasteiger partial charge is 0.595 e. The molecule has 2 aliphatic heterocycles. The van der Waals surface area contributed by atoms with Crippen molar-refractivity contribution in [2.24, 2.45) is 5.92 Å². The van der Waals surface area contributed by atoms with E-state index in [1.807, 2.05) is 0 Å². The van der Waals surface area contributed by atoms with Crippen LogP contribution in [0.3, 0.4) is 0 Å². The van der Waals surface area contributed by atoms with Gasteiger partial charge in [-0.05, 0) is 19.4 Å². The first kappa shape index (κ1) is 14.3. The van der Waals surface area contributed by atoms with E-state index < -0.39 is 11.3 Å². The molecule has 21 heavy (non-hydrogen) atoms. The van der Waals surface area contributed by atoms with Crippen LogP contribution in [0.5, 0.6) is 0 Å². The van der Waals surface area contributed by atoms with E-state index in [4.69, 9.17) is 14.7 Å². The lowest BCUT2D eigenvalue weighted by Gasteiger charge is -2.34. The zero-order valence-corrected chi connectivity index (χ0v) is 11.7. The molecule has 1 fully saturated rings. The summed E-state index contributed by atoms with van der Waals surface area (Å²) in [6.45, 7) is 2.67. The normalized spacial score (nSPS) is 28.2. The van der Waals surface area contributed by atoms with Gasteiger partial charge < -0.3 is 20.0 Å². The van der Waals surface area contributed by atoms with Crippen LogP contribution in [0, 0.1) is 11.1 Å². The van der Waals surface area contributed by atoms with Crippen molar-refractivity contribution in [1.82, 2.24) is 0 Å². The standard InChI is InChI=1S/C14H18N2O5/c1-2-20-14(17)12-9-5-6-21-13(9)10-7-8(16(18)19)3-4-11(10)15-12/h3-4,7,9,12-13,15-16,18H,2,5-6H2,1H3. The molecular formula is C14H18N2O5. The number of hydrogen-bond acceptors (Lipinski definition) is 6. The number of benzene rings is 1. The fraction of sp³-hybridized carbons (Fsp3) is 0.500. The van der Waals surface area contributed by atoms with Crippen LogP contribution in [0.25, 0.3) is 0 Å². The summed E-state index contributed by atoms with van der Waals surface area (Å²) in [5.41, 5.74) is 1.76. The molecule has 3 rings (SSSR count). The Morgan fingerprint density at radius 2 is 2.43 bits per heavy atom. The van der Waals surface area contributed by atoms with Gasteiger partial charge in [-0.3, -0.25) is 0 Å². The van der Waals surface area contributed by atoms with E-state index >= 15 is 0 Å². The molecule has 2 heterocycles. The number of carbonyl (C=O) groups is 1. The van der Waals surface area contributed by atoms with Crippen molar-refractivity contribution in [2.45, 2.75) is 25.5 Å². The van der Waals surface area contributed by atoms with Gasteiger partial charge in [0.05, 0.1) is 12.7 Å². The van der Waals surface area contributed by atoms with Gasteiger partial charge in [0, 0.05) is 35.9 Å². The number of rotatable bonds is 3. The molecule has 0 spiro atoms. The minimum atomic E-state index is -0.972. The van der Waals surface area contributed by atoms with Gasteiger partial charge >= 0.3 is 5.97 Å². The molecule has 1 aromatic carbocycles. The average Bonchev–Trinajstić information content (AvgIpc) is 2.95. The van der Waals surface area contributed by atoms with E-state index in [0.717, 1.165) is 17.7 Å². The molecule has 3 N–H and O–H groups in total. The first-order valence-corrected chi connectivity index (χ1v) is 7.04. The van der Waals surface area contributed by atoms with E-state index in [1.54, 1.807) is 19.1 Å². The van der Waals surface area contributed by atoms with Crippen LogP contribution in [0.1, 0.15) is 25.0 Å². The SMILES string of the molecule is CCOC(=O)C1Nc2ccc([NH+]([O-])O)cc2C2OCCC12. The highest BCUT2D eigenvalue weighted by molar-refractivity contribution is 5.82. The molecule has 0 bridgehead atoms. The average molecular weight is 294 g/mol. The van der Waals surface area contributed by atoms with Gasteiger partial charge in [0.2, 0.25) is 0 Å². The van der Waals surface area contributed by atoms with Crippen LogP contribution in [0.2, 0.25) is 0 Å². The number of carbonyl (C=O) groups excluding carboxylic acids is 1. The Balaban J connectivity index is 1.95. The monoisotopic (exact) mass is 294 g/mol. The van der Waals surface area contributed by atoms with E-state index in [0.29, 0.717) is 13.2 Å². The Bertz CT molecular complexity index is 548. The quantitative estimate of drug-likeness (QED) is 0.556. The zero-order valence-electron chi connectivity index (χ0n) is 11.7. The smallest absolute Gasteiger partial charge is 0.328 e. The molecule has 1 aromatic rings. The maximum atomic E-state index is 12.1. The third-order valence-corrected chi connectivity index (χ3v) is 4.02. The van der Waals surface area contributed by atoms with E-state index in [9.17, 15) is 10.0 Å². The summed E-state index contributed by atoms with van der Waals surface area (Å²) >= 11 is 0. The van der Waals surface area contributed by atoms with Gasteiger partial charge in [-0.15, -0.1) is 0 Å². The molecule has 0 saturated carbocycles. The number of fused-ring (bicyclic) bond motifs is 3. The first-order chi connectivity index (χ1) is 10.1. The summed E-state index contributed by atoms with van der Waals surface area (Å²) in [4.78, 5) is 12.1. The summed E-state index contributed by atoms with van der Waals surface area (Å²) in [6.07, 6.45) is 0.493. The Labute approximate surface area is 122 Å². The second-order valence-electron chi connectivity index (χ2n) is 5.23. The number of quaternary nitrogens is 1. The van der Waals surface area contributed by atoms with Crippen LogP contribution in [0.4, 0.5) is 11.4 Å². The van der Waals surface area contributed by atoms with E-state index in [2.05, 4.69) is 5.32 Å². The highest BCUT2D eigenvalue weighted by Gasteiger charge is 2.44. The summed E-state index contributed by atoms with van der Waals surface area (Å²) < 4.78 is 10.9. The number of anilines is 1. The maximum absolute atomic E-state index is 12.1. The van der Waals surface area contributed by atoms with Crippen molar-refractivity contribution >= 4 is 17.3 Å². The highest BCUT2D eigenvalue weighted by Crippen LogP contribution is 2.45. The lowest BCUT2D eigenvalue weighted by molar-refractivity contribution is -0.991. The van der Waals surface area contributed by atoms with Crippen LogP contribution < -0.4 is 10.5 Å². The lowest BCUT2D eigenvalue weighted by Crippen LogP contribution is -2.99. The van der Waals surface area contributed by atoms with Crippen molar-refractivity contribution in [3.63, 3.8) is 0 Å². The number of esters is 1. The van der Waals surface area contributed by atoms with Gasteiger partial charge in [0.1, 0.15) is 6.04 Å². The molecule has 4 atom stereocenters. The Kier molecular flexibility index (Phi) is 3.81. The summed E-state index contributed by atoms with van der Waals surface area (Å²) in [5, 5.41) is 22.4. The molecular weight excluding hydrogens is 276 g/mol. The number of ether oxygens (including phenoxy) is 2. The van der Waals surface area contributed by atoms with Gasteiger partial charge in [-0.1, -0.05) is 0 Å². The summed E-state index contributed by atoms with van der Waals surface area (Å²) in [5.74, 6) is -0.313. The van der Waals surface area contributed by atoms with Crippen molar-refractivity contribution in [3.05, 3.63) is 29.0 Å². The number of hydrogen-bond donors (Lipinski definition) is 3. The summed E-state index contributed by atoms with van der Waals surface area (Å²) in [7, 11) is 0. The molecule has 0 aliphatic carbocycles. The zero-order chi connectivity index (χ0) is 15.0. The van der Waals surface area contributed by atoms with Crippen molar-refractivity contribution in [2.75, 3.05) is 18.5 Å². The second-order valence-corrected chi connectivity index (χ2v) is 5.23. The van der Waals surface area contributed by atoms with Crippen LogP contribution in [-0.4, -0.2) is 30.4 Å². The third-order valence-electron chi connectivity index (χ3n) is 4.02. The van der Waals surface area contributed by atoms with Gasteiger partial charge in [0.15, 0.2) is 5.69 Å². The fourth-order valence-corrected chi connectivity index (χ4v) is 3.07. The van der Waals surface area contributed by atoms with Crippen LogP contribution in [0.15, 0.2) is 18.2 Å². The molecule has 114 valence electrons. The Morgan fingerprint density at radius 3 is 3.14 bits per heavy atom. The van der Waals surface area contributed by atoms with Crippen molar-refractivity contribution in [1.29, 1.82) is 0 Å². The molecule has 1 saturated heterocycles. The first-order valence-electron chi connectivity index (χ1n) is 7.04. The van der Waals surface area contributed by atoms with Gasteiger partial charge in [0.25, 0.3) is 0 Å². The van der Waals surface area contributed by atoms with Gasteiger partial charge in [-0.2, -0.15) is 5.23 Å².